The molecule has 1 atom stereocenters. The minimum Gasteiger partial charge on any atom is -0.490 e. The predicted octanol–water partition coefficient (Wildman–Crippen LogP) is 4.49. The normalized spacial score (nSPS) is 19.3. The molecule has 0 radical (unpaired) electrons. The molecule has 2 aliphatic heterocycles. The summed E-state index contributed by atoms with van der Waals surface area (Å²) < 4.78 is 11.8. The molecule has 0 bridgehead atoms. The fourth-order valence-electron chi connectivity index (χ4n) is 4.65. The van der Waals surface area contributed by atoms with E-state index >= 15 is 0 Å². The lowest BCUT2D eigenvalue weighted by Gasteiger charge is -2.33. The van der Waals surface area contributed by atoms with Crippen LogP contribution >= 0.6 is 0 Å². The van der Waals surface area contributed by atoms with Crippen LogP contribution in [-0.2, 0) is 9.53 Å². The molecular formula is C26H29N3O3. The van der Waals surface area contributed by atoms with Gasteiger partial charge in [0.15, 0.2) is 0 Å². The standard InChI is InChI=1S/C26H29N3O3/c1-27-25-23-9-6-19(17-20(23)10-13-28-25)18-4-7-21(8-5-18)32-22-11-14-29(15-12-22)26(30)24-3-2-16-31-24/h4-10,13,17,22,24H,2-3,11-12,14-16H2,1H3,(H,27,28)/t24-/m1/s1. The minimum absolute atomic E-state index is 0.141. The third-order valence-electron chi connectivity index (χ3n) is 6.45. The number of ether oxygens (including phenoxy) is 2. The van der Waals surface area contributed by atoms with Crippen LogP contribution in [0.25, 0.3) is 21.9 Å². The molecule has 0 unspecified atom stereocenters. The molecule has 0 aliphatic carbocycles. The third kappa shape index (κ3) is 4.28. The van der Waals surface area contributed by atoms with Gasteiger partial charge in [-0.3, -0.25) is 4.79 Å². The number of carbonyl (C=O) groups excluding carboxylic acids is 1. The lowest BCUT2D eigenvalue weighted by atomic mass is 10.0. The van der Waals surface area contributed by atoms with Crippen molar-refractivity contribution in [2.45, 2.75) is 37.9 Å². The molecule has 2 aliphatic rings. The van der Waals surface area contributed by atoms with E-state index in [1.807, 2.05) is 36.3 Å². The highest BCUT2D eigenvalue weighted by Gasteiger charge is 2.31. The van der Waals surface area contributed by atoms with Crippen LogP contribution in [0.4, 0.5) is 5.82 Å². The van der Waals surface area contributed by atoms with Crippen molar-refractivity contribution in [2.24, 2.45) is 0 Å². The number of hydrogen-bond acceptors (Lipinski definition) is 5. The van der Waals surface area contributed by atoms with E-state index in [0.29, 0.717) is 6.61 Å². The van der Waals surface area contributed by atoms with Gasteiger partial charge in [-0.25, -0.2) is 4.98 Å². The summed E-state index contributed by atoms with van der Waals surface area (Å²) in [6.07, 6.45) is 5.29. The molecule has 6 nitrogen and oxygen atoms in total. The second kappa shape index (κ2) is 9.17. The van der Waals surface area contributed by atoms with E-state index in [9.17, 15) is 4.79 Å². The van der Waals surface area contributed by atoms with Crippen LogP contribution in [0.5, 0.6) is 5.75 Å². The van der Waals surface area contributed by atoms with E-state index < -0.39 is 0 Å². The van der Waals surface area contributed by atoms with Crippen LogP contribution < -0.4 is 10.1 Å². The zero-order valence-corrected chi connectivity index (χ0v) is 18.4. The van der Waals surface area contributed by atoms with Gasteiger partial charge in [0.1, 0.15) is 23.8 Å². The fourth-order valence-corrected chi connectivity index (χ4v) is 4.65. The average Bonchev–Trinajstić information content (AvgIpc) is 3.39. The Balaban J connectivity index is 1.20. The second-order valence-electron chi connectivity index (χ2n) is 8.51. The summed E-state index contributed by atoms with van der Waals surface area (Å²) in [5.74, 6) is 1.92. The largest absolute Gasteiger partial charge is 0.490 e. The van der Waals surface area contributed by atoms with Crippen molar-refractivity contribution in [3.63, 3.8) is 0 Å². The Morgan fingerprint density at radius 1 is 1.06 bits per heavy atom. The first kappa shape index (κ1) is 20.8. The van der Waals surface area contributed by atoms with Crippen molar-refractivity contribution in [1.82, 2.24) is 9.88 Å². The van der Waals surface area contributed by atoms with E-state index in [2.05, 4.69) is 40.6 Å². The van der Waals surface area contributed by atoms with Gasteiger partial charge in [-0.1, -0.05) is 24.3 Å². The summed E-state index contributed by atoms with van der Waals surface area (Å²) in [7, 11) is 1.89. The Bertz CT molecular complexity index is 1090. The van der Waals surface area contributed by atoms with Crippen LogP contribution in [0.1, 0.15) is 25.7 Å². The zero-order chi connectivity index (χ0) is 21.9. The van der Waals surface area contributed by atoms with Crippen molar-refractivity contribution in [3.05, 3.63) is 54.7 Å². The second-order valence-corrected chi connectivity index (χ2v) is 8.51. The van der Waals surface area contributed by atoms with Gasteiger partial charge in [-0.2, -0.15) is 0 Å². The monoisotopic (exact) mass is 431 g/mol. The summed E-state index contributed by atoms with van der Waals surface area (Å²) in [4.78, 5) is 18.8. The van der Waals surface area contributed by atoms with E-state index in [-0.39, 0.29) is 18.1 Å². The predicted molar refractivity (Wildman–Crippen MR) is 126 cm³/mol. The first-order valence-corrected chi connectivity index (χ1v) is 11.5. The SMILES string of the molecule is CNc1nccc2cc(-c3ccc(OC4CCN(C(=O)[C@H]5CCCO5)CC4)cc3)ccc12. The summed E-state index contributed by atoms with van der Waals surface area (Å²) in [6, 6.07) is 16.7. The van der Waals surface area contributed by atoms with Crippen molar-refractivity contribution in [2.75, 3.05) is 32.1 Å². The number of nitrogens with one attached hydrogen (secondary N) is 1. The van der Waals surface area contributed by atoms with E-state index in [1.54, 1.807) is 0 Å². The Morgan fingerprint density at radius 3 is 2.56 bits per heavy atom. The number of fused-ring (bicyclic) bond motifs is 1. The lowest BCUT2D eigenvalue weighted by molar-refractivity contribution is -0.142. The molecule has 32 heavy (non-hydrogen) atoms. The highest BCUT2D eigenvalue weighted by molar-refractivity contribution is 5.94. The molecule has 2 saturated heterocycles. The van der Waals surface area contributed by atoms with Crippen LogP contribution in [0.15, 0.2) is 54.7 Å². The number of carbonyl (C=O) groups is 1. The number of anilines is 1. The van der Waals surface area contributed by atoms with E-state index in [4.69, 9.17) is 9.47 Å². The maximum absolute atomic E-state index is 12.5. The molecule has 6 heteroatoms. The van der Waals surface area contributed by atoms with Crippen LogP contribution in [-0.4, -0.2) is 54.7 Å². The molecule has 3 heterocycles. The summed E-state index contributed by atoms with van der Waals surface area (Å²) in [5.41, 5.74) is 2.32. The number of hydrogen-bond donors (Lipinski definition) is 1. The molecule has 1 N–H and O–H groups in total. The number of amides is 1. The third-order valence-corrected chi connectivity index (χ3v) is 6.45. The molecule has 1 amide bonds. The van der Waals surface area contributed by atoms with Crippen LogP contribution in [0.3, 0.4) is 0 Å². The highest BCUT2D eigenvalue weighted by atomic mass is 16.5. The molecule has 2 fully saturated rings. The van der Waals surface area contributed by atoms with Gasteiger partial charge in [0, 0.05) is 51.2 Å². The number of piperidine rings is 1. The van der Waals surface area contributed by atoms with Crippen molar-refractivity contribution >= 4 is 22.5 Å². The molecule has 5 rings (SSSR count). The quantitative estimate of drug-likeness (QED) is 0.645. The van der Waals surface area contributed by atoms with Gasteiger partial charge in [0.05, 0.1) is 0 Å². The Morgan fingerprint density at radius 2 is 1.84 bits per heavy atom. The Kier molecular flexibility index (Phi) is 5.95. The van der Waals surface area contributed by atoms with Crippen LogP contribution in [0, 0.1) is 0 Å². The number of rotatable bonds is 5. The summed E-state index contributed by atoms with van der Waals surface area (Å²) in [6.45, 7) is 2.18. The number of aromatic nitrogens is 1. The molecule has 0 spiro atoms. The minimum atomic E-state index is -0.226. The van der Waals surface area contributed by atoms with Gasteiger partial charge < -0.3 is 19.7 Å². The highest BCUT2D eigenvalue weighted by Crippen LogP contribution is 2.29. The first-order valence-electron chi connectivity index (χ1n) is 11.5. The molecular weight excluding hydrogens is 402 g/mol. The molecule has 166 valence electrons. The average molecular weight is 432 g/mol. The number of nitrogens with zero attached hydrogens (tertiary/aromatic N) is 2. The lowest BCUT2D eigenvalue weighted by Crippen LogP contribution is -2.45. The topological polar surface area (TPSA) is 63.7 Å². The van der Waals surface area contributed by atoms with E-state index in [1.165, 1.54) is 5.56 Å². The maximum Gasteiger partial charge on any atom is 0.251 e. The van der Waals surface area contributed by atoms with Gasteiger partial charge in [0.25, 0.3) is 5.91 Å². The van der Waals surface area contributed by atoms with Gasteiger partial charge in [0.2, 0.25) is 0 Å². The summed E-state index contributed by atoms with van der Waals surface area (Å²) >= 11 is 0. The molecule has 0 saturated carbocycles. The van der Waals surface area contributed by atoms with Crippen LogP contribution in [0.2, 0.25) is 0 Å². The smallest absolute Gasteiger partial charge is 0.251 e. The molecule has 2 aromatic carbocycles. The summed E-state index contributed by atoms with van der Waals surface area (Å²) in [5, 5.41) is 5.42. The number of pyridine rings is 1. The van der Waals surface area contributed by atoms with Crippen molar-refractivity contribution in [3.8, 4) is 16.9 Å². The van der Waals surface area contributed by atoms with Gasteiger partial charge >= 0.3 is 0 Å². The maximum atomic E-state index is 12.5. The van der Waals surface area contributed by atoms with Crippen molar-refractivity contribution in [1.29, 1.82) is 0 Å². The number of likely N-dealkylation sites (tertiary alicyclic amines) is 1. The molecule has 1 aromatic heterocycles. The fraction of sp³-hybridized carbons (Fsp3) is 0.385. The molecule has 3 aromatic rings. The Hall–Kier alpha value is -3.12. The zero-order valence-electron chi connectivity index (χ0n) is 18.4. The van der Waals surface area contributed by atoms with Gasteiger partial charge in [-0.05, 0) is 53.6 Å². The van der Waals surface area contributed by atoms with Crippen molar-refractivity contribution < 1.29 is 14.3 Å². The van der Waals surface area contributed by atoms with E-state index in [0.717, 1.165) is 66.7 Å². The first-order chi connectivity index (χ1) is 15.7. The Labute approximate surface area is 188 Å². The number of benzene rings is 2. The van der Waals surface area contributed by atoms with Gasteiger partial charge in [-0.15, -0.1) is 0 Å².